The summed E-state index contributed by atoms with van der Waals surface area (Å²) in [5.74, 6) is 0.910. The van der Waals surface area contributed by atoms with Crippen LogP contribution in [-0.4, -0.2) is 15.0 Å². The number of nitrogens with zero attached hydrogens (tertiary/aromatic N) is 4. The van der Waals surface area contributed by atoms with E-state index >= 15 is 0 Å². The van der Waals surface area contributed by atoms with Gasteiger partial charge in [-0.05, 0) is 47.5 Å². The normalized spacial score (nSPS) is 12.1. The summed E-state index contributed by atoms with van der Waals surface area (Å²) in [4.78, 5) is 15.8. The first-order valence-electron chi connectivity index (χ1n) is 9.54. The minimum Gasteiger partial charge on any atom is -0.294 e. The monoisotopic (exact) mass is 372 g/mol. The molecule has 1 aliphatic rings. The fourth-order valence-electron chi connectivity index (χ4n) is 4.10. The third kappa shape index (κ3) is 2.43. The lowest BCUT2D eigenvalue weighted by Gasteiger charge is -2.32. The van der Waals surface area contributed by atoms with E-state index in [4.69, 9.17) is 4.98 Å². The molecule has 0 amide bonds. The molecule has 0 N–H and O–H groups in total. The van der Waals surface area contributed by atoms with Crippen LogP contribution in [0.25, 0.3) is 33.2 Å². The molecule has 136 valence electrons. The lowest BCUT2D eigenvalue weighted by molar-refractivity contribution is 1.14. The van der Waals surface area contributed by atoms with Gasteiger partial charge in [0.15, 0.2) is 0 Å². The van der Waals surface area contributed by atoms with Crippen molar-refractivity contribution in [2.75, 3.05) is 4.90 Å². The summed E-state index contributed by atoms with van der Waals surface area (Å²) in [5, 5.41) is 1.07. The maximum absolute atomic E-state index is 4.70. The third-order valence-electron chi connectivity index (χ3n) is 5.37. The van der Waals surface area contributed by atoms with E-state index in [1.807, 2.05) is 18.3 Å². The molecule has 0 bridgehead atoms. The summed E-state index contributed by atoms with van der Waals surface area (Å²) in [6.45, 7) is 0. The Balaban J connectivity index is 1.71. The number of anilines is 3. The van der Waals surface area contributed by atoms with E-state index in [2.05, 4.69) is 81.6 Å². The zero-order chi connectivity index (χ0) is 19.2. The van der Waals surface area contributed by atoms with Crippen LogP contribution in [0.4, 0.5) is 17.2 Å². The molecule has 2 aromatic heterocycles. The Hall–Kier alpha value is -4.05. The van der Waals surface area contributed by atoms with Crippen molar-refractivity contribution < 1.29 is 0 Å². The van der Waals surface area contributed by atoms with Crippen molar-refractivity contribution in [1.82, 2.24) is 15.0 Å². The number of rotatable bonds is 2. The van der Waals surface area contributed by atoms with Crippen molar-refractivity contribution in [2.24, 2.45) is 0 Å². The highest BCUT2D eigenvalue weighted by Gasteiger charge is 2.27. The van der Waals surface area contributed by atoms with Crippen molar-refractivity contribution in [1.29, 1.82) is 0 Å². The molecule has 29 heavy (non-hydrogen) atoms. The number of pyridine rings is 1. The summed E-state index contributed by atoms with van der Waals surface area (Å²) in [5.41, 5.74) is 7.65. The van der Waals surface area contributed by atoms with Gasteiger partial charge in [-0.25, -0.2) is 9.97 Å². The predicted octanol–water partition coefficient (Wildman–Crippen LogP) is 6.14. The maximum atomic E-state index is 4.70. The quantitative estimate of drug-likeness (QED) is 0.366. The van der Waals surface area contributed by atoms with Gasteiger partial charge >= 0.3 is 0 Å². The average Bonchev–Trinajstić information content (AvgIpc) is 2.80. The average molecular weight is 372 g/mol. The van der Waals surface area contributed by atoms with Crippen LogP contribution in [0.15, 0.2) is 97.6 Å². The summed E-state index contributed by atoms with van der Waals surface area (Å²) >= 11 is 0. The van der Waals surface area contributed by atoms with Crippen molar-refractivity contribution in [2.45, 2.75) is 0 Å². The molecule has 0 spiro atoms. The van der Waals surface area contributed by atoms with Crippen LogP contribution in [0.3, 0.4) is 0 Å². The number of aromatic nitrogens is 3. The maximum Gasteiger partial charge on any atom is 0.149 e. The predicted molar refractivity (Wildman–Crippen MR) is 116 cm³/mol. The Bertz CT molecular complexity index is 1350. The van der Waals surface area contributed by atoms with Crippen LogP contribution in [0.1, 0.15) is 0 Å². The molecule has 3 aromatic carbocycles. The summed E-state index contributed by atoms with van der Waals surface area (Å²) < 4.78 is 0. The molecular weight excluding hydrogens is 356 g/mol. The molecule has 4 nitrogen and oxygen atoms in total. The van der Waals surface area contributed by atoms with Gasteiger partial charge in [-0.1, -0.05) is 42.5 Å². The molecule has 0 unspecified atom stereocenters. The minimum absolute atomic E-state index is 0.910. The summed E-state index contributed by atoms with van der Waals surface area (Å²) in [6, 6.07) is 27.2. The third-order valence-corrected chi connectivity index (χ3v) is 5.37. The molecule has 0 radical (unpaired) electrons. The lowest BCUT2D eigenvalue weighted by atomic mass is 9.91. The van der Waals surface area contributed by atoms with Crippen LogP contribution in [-0.2, 0) is 0 Å². The number of fused-ring (bicyclic) bond motifs is 2. The van der Waals surface area contributed by atoms with E-state index in [-0.39, 0.29) is 0 Å². The first-order valence-corrected chi connectivity index (χ1v) is 9.54. The second-order valence-electron chi connectivity index (χ2n) is 7.05. The molecule has 3 heterocycles. The fraction of sp³-hybridized carbons (Fsp3) is 0. The van der Waals surface area contributed by atoms with Gasteiger partial charge in [0.2, 0.25) is 0 Å². The van der Waals surface area contributed by atoms with Crippen LogP contribution < -0.4 is 4.90 Å². The van der Waals surface area contributed by atoms with Gasteiger partial charge in [0.25, 0.3) is 0 Å². The van der Waals surface area contributed by atoms with E-state index in [0.717, 1.165) is 44.8 Å². The van der Waals surface area contributed by atoms with E-state index in [9.17, 15) is 0 Å². The second kappa shape index (κ2) is 6.24. The summed E-state index contributed by atoms with van der Waals surface area (Å²) in [6.07, 6.45) is 5.33. The molecule has 4 heteroatoms. The van der Waals surface area contributed by atoms with E-state index in [1.165, 1.54) is 5.56 Å². The van der Waals surface area contributed by atoms with Crippen LogP contribution in [0, 0.1) is 0 Å². The van der Waals surface area contributed by atoms with Crippen LogP contribution in [0.5, 0.6) is 0 Å². The van der Waals surface area contributed by atoms with E-state index in [0.29, 0.717) is 0 Å². The topological polar surface area (TPSA) is 41.9 Å². The first kappa shape index (κ1) is 16.0. The first-order chi connectivity index (χ1) is 14.4. The minimum atomic E-state index is 0.910. The van der Waals surface area contributed by atoms with Crippen molar-refractivity contribution in [3.8, 4) is 22.3 Å². The zero-order valence-corrected chi connectivity index (χ0v) is 15.5. The van der Waals surface area contributed by atoms with Gasteiger partial charge in [-0.15, -0.1) is 0 Å². The highest BCUT2D eigenvalue weighted by molar-refractivity contribution is 6.12. The zero-order valence-electron chi connectivity index (χ0n) is 15.5. The Morgan fingerprint density at radius 2 is 1.55 bits per heavy atom. The van der Waals surface area contributed by atoms with Gasteiger partial charge in [0.1, 0.15) is 12.1 Å². The van der Waals surface area contributed by atoms with Crippen LogP contribution >= 0.6 is 0 Å². The standard InChI is InChI=1S/C25H16N4/c1-2-8-19(9-3-1)29-23-11-5-4-10-20(23)21-13-18(17-7-6-12-26-15-17)14-22-24(21)25(29)28-16-27-22/h1-16H. The van der Waals surface area contributed by atoms with Crippen molar-refractivity contribution in [3.63, 3.8) is 0 Å². The van der Waals surface area contributed by atoms with Crippen molar-refractivity contribution >= 4 is 28.1 Å². The number of benzene rings is 3. The molecule has 0 fully saturated rings. The Morgan fingerprint density at radius 3 is 2.41 bits per heavy atom. The number of para-hydroxylation sites is 2. The van der Waals surface area contributed by atoms with Gasteiger partial charge in [0, 0.05) is 29.2 Å². The molecule has 0 aliphatic carbocycles. The highest BCUT2D eigenvalue weighted by atomic mass is 15.2. The van der Waals surface area contributed by atoms with Crippen LogP contribution in [0.2, 0.25) is 0 Å². The number of hydrogen-bond donors (Lipinski definition) is 0. The lowest BCUT2D eigenvalue weighted by Crippen LogP contribution is -2.16. The molecular formula is C25H16N4. The Kier molecular flexibility index (Phi) is 3.43. The molecule has 0 saturated carbocycles. The van der Waals surface area contributed by atoms with Gasteiger partial charge in [-0.3, -0.25) is 9.88 Å². The van der Waals surface area contributed by atoms with Gasteiger partial charge in [-0.2, -0.15) is 0 Å². The molecule has 1 aliphatic heterocycles. The van der Waals surface area contributed by atoms with E-state index in [1.54, 1.807) is 12.5 Å². The molecule has 0 atom stereocenters. The number of hydrogen-bond acceptors (Lipinski definition) is 4. The molecule has 6 rings (SSSR count). The highest BCUT2D eigenvalue weighted by Crippen LogP contribution is 2.50. The van der Waals surface area contributed by atoms with Crippen molar-refractivity contribution in [3.05, 3.63) is 97.6 Å². The van der Waals surface area contributed by atoms with Gasteiger partial charge < -0.3 is 0 Å². The SMILES string of the molecule is c1ccc(N2c3ccccc3-c3cc(-c4cccnc4)cc4ncnc2c34)cc1. The second-order valence-corrected chi connectivity index (χ2v) is 7.05. The molecule has 5 aromatic rings. The fourth-order valence-corrected chi connectivity index (χ4v) is 4.10. The Morgan fingerprint density at radius 1 is 0.690 bits per heavy atom. The van der Waals surface area contributed by atoms with Gasteiger partial charge in [0.05, 0.1) is 16.6 Å². The Labute approximate surface area is 168 Å². The summed E-state index contributed by atoms with van der Waals surface area (Å²) in [7, 11) is 0. The molecule has 0 saturated heterocycles. The van der Waals surface area contributed by atoms with E-state index < -0.39 is 0 Å². The largest absolute Gasteiger partial charge is 0.294 e. The smallest absolute Gasteiger partial charge is 0.149 e.